The zero-order valence-electron chi connectivity index (χ0n) is 8.95. The summed E-state index contributed by atoms with van der Waals surface area (Å²) < 4.78 is 0.764. The molecular weight excluding hydrogens is 320 g/mol. The number of rotatable bonds is 4. The van der Waals surface area contributed by atoms with Crippen molar-refractivity contribution in [1.82, 2.24) is 0 Å². The maximum atomic E-state index is 11.9. The average molecular weight is 330 g/mol. The Morgan fingerprint density at radius 2 is 2.18 bits per heavy atom. The molecule has 0 spiro atoms. The van der Waals surface area contributed by atoms with Crippen molar-refractivity contribution in [2.24, 2.45) is 0 Å². The Morgan fingerprint density at radius 1 is 1.35 bits per heavy atom. The molecule has 1 nitrogen and oxygen atoms in total. The monoisotopic (exact) mass is 328 g/mol. The van der Waals surface area contributed by atoms with Gasteiger partial charge in [0, 0.05) is 16.5 Å². The molecule has 0 aliphatic rings. The number of aryl methyl sites for hydroxylation is 1. The van der Waals surface area contributed by atoms with Gasteiger partial charge in [0.2, 0.25) is 0 Å². The van der Waals surface area contributed by atoms with Gasteiger partial charge in [0.05, 0.1) is 5.02 Å². The summed E-state index contributed by atoms with van der Waals surface area (Å²) >= 11 is 10.9. The van der Waals surface area contributed by atoms with Crippen molar-refractivity contribution < 1.29 is 4.79 Å². The number of halogens is 2. The molecule has 2 rings (SSSR count). The fraction of sp³-hybridized carbons (Fsp3) is 0.154. The van der Waals surface area contributed by atoms with Crippen molar-refractivity contribution >= 4 is 44.7 Å². The first-order valence-corrected chi connectivity index (χ1v) is 7.27. The van der Waals surface area contributed by atoms with Gasteiger partial charge in [-0.3, -0.25) is 4.79 Å². The lowest BCUT2D eigenvalue weighted by atomic mass is 10.0. The first kappa shape index (κ1) is 12.8. The molecule has 0 bridgehead atoms. The van der Waals surface area contributed by atoms with Crippen LogP contribution in [0.15, 0.2) is 39.5 Å². The summed E-state index contributed by atoms with van der Waals surface area (Å²) in [5.41, 5.74) is 1.92. The molecular formula is C13H10BrClOS. The van der Waals surface area contributed by atoms with Crippen LogP contribution in [0.3, 0.4) is 0 Å². The van der Waals surface area contributed by atoms with Crippen LogP contribution in [-0.4, -0.2) is 5.78 Å². The van der Waals surface area contributed by atoms with Gasteiger partial charge >= 0.3 is 0 Å². The van der Waals surface area contributed by atoms with E-state index in [1.54, 1.807) is 29.5 Å². The van der Waals surface area contributed by atoms with Crippen LogP contribution in [0.1, 0.15) is 22.3 Å². The highest BCUT2D eigenvalue weighted by Gasteiger charge is 2.08. The molecule has 1 aromatic carbocycles. The van der Waals surface area contributed by atoms with E-state index in [2.05, 4.69) is 27.4 Å². The smallest absolute Gasteiger partial charge is 0.163 e. The molecule has 1 heterocycles. The third kappa shape index (κ3) is 3.41. The van der Waals surface area contributed by atoms with E-state index in [4.69, 9.17) is 11.6 Å². The molecule has 1 aromatic heterocycles. The molecule has 0 atom stereocenters. The van der Waals surface area contributed by atoms with Crippen molar-refractivity contribution in [2.75, 3.05) is 0 Å². The van der Waals surface area contributed by atoms with Gasteiger partial charge in [0.25, 0.3) is 0 Å². The fourth-order valence-corrected chi connectivity index (χ4v) is 2.71. The van der Waals surface area contributed by atoms with E-state index >= 15 is 0 Å². The van der Waals surface area contributed by atoms with E-state index in [0.717, 1.165) is 10.9 Å². The predicted molar refractivity (Wildman–Crippen MR) is 76.1 cm³/mol. The largest absolute Gasteiger partial charge is 0.294 e. The number of benzene rings is 1. The summed E-state index contributed by atoms with van der Waals surface area (Å²) in [5.74, 6) is 0.147. The Balaban J connectivity index is 2.02. The van der Waals surface area contributed by atoms with Gasteiger partial charge in [-0.05, 0) is 62.9 Å². The number of carbonyl (C=O) groups excluding carboxylic acids is 1. The van der Waals surface area contributed by atoms with Crippen LogP contribution in [0, 0.1) is 0 Å². The Morgan fingerprint density at radius 3 is 2.82 bits per heavy atom. The summed E-state index contributed by atoms with van der Waals surface area (Å²) in [6.45, 7) is 0. The van der Waals surface area contributed by atoms with Crippen LogP contribution < -0.4 is 0 Å². The number of carbonyl (C=O) groups is 1. The summed E-state index contributed by atoms with van der Waals surface area (Å²) in [7, 11) is 0. The van der Waals surface area contributed by atoms with Crippen molar-refractivity contribution in [2.45, 2.75) is 12.8 Å². The van der Waals surface area contributed by atoms with Crippen molar-refractivity contribution in [3.63, 3.8) is 0 Å². The molecule has 17 heavy (non-hydrogen) atoms. The molecule has 0 saturated carbocycles. The number of thiophene rings is 1. The van der Waals surface area contributed by atoms with Gasteiger partial charge in [0.15, 0.2) is 5.78 Å². The van der Waals surface area contributed by atoms with Crippen LogP contribution in [0.4, 0.5) is 0 Å². The number of Topliss-reactive ketones (excluding diaryl/α,β-unsaturated/α-hetero) is 1. The predicted octanol–water partition coefficient (Wildman–Crippen LogP) is 4.98. The standard InChI is InChI=1S/C13H10BrClOS/c14-11-7-10(2-3-12(11)15)13(16)4-1-9-5-6-17-8-9/h2-3,5-8H,1,4H2. The van der Waals surface area contributed by atoms with E-state index in [1.807, 2.05) is 5.38 Å². The minimum atomic E-state index is 0.147. The highest BCUT2D eigenvalue weighted by molar-refractivity contribution is 9.10. The lowest BCUT2D eigenvalue weighted by Crippen LogP contribution is -2.00. The van der Waals surface area contributed by atoms with Crippen molar-refractivity contribution in [3.8, 4) is 0 Å². The van der Waals surface area contributed by atoms with Crippen LogP contribution in [0.5, 0.6) is 0 Å². The maximum Gasteiger partial charge on any atom is 0.163 e. The van der Waals surface area contributed by atoms with Gasteiger partial charge in [-0.15, -0.1) is 0 Å². The lowest BCUT2D eigenvalue weighted by molar-refractivity contribution is 0.0983. The summed E-state index contributed by atoms with van der Waals surface area (Å²) in [5, 5.41) is 4.73. The summed E-state index contributed by atoms with van der Waals surface area (Å²) in [6.07, 6.45) is 1.33. The van der Waals surface area contributed by atoms with Crippen LogP contribution >= 0.6 is 38.9 Å². The van der Waals surface area contributed by atoms with E-state index in [-0.39, 0.29) is 5.78 Å². The Bertz CT molecular complexity index is 522. The molecule has 0 fully saturated rings. The third-order valence-electron chi connectivity index (χ3n) is 2.46. The Kier molecular flexibility index (Phi) is 4.37. The summed E-state index contributed by atoms with van der Waals surface area (Å²) in [6, 6.07) is 7.33. The Hall–Kier alpha value is -0.640. The second kappa shape index (κ2) is 5.80. The van der Waals surface area contributed by atoms with Crippen molar-refractivity contribution in [1.29, 1.82) is 0 Å². The topological polar surface area (TPSA) is 17.1 Å². The summed E-state index contributed by atoms with van der Waals surface area (Å²) in [4.78, 5) is 11.9. The molecule has 0 amide bonds. The van der Waals surface area contributed by atoms with Crippen LogP contribution in [0.2, 0.25) is 5.02 Å². The molecule has 0 saturated heterocycles. The molecule has 0 N–H and O–H groups in total. The zero-order chi connectivity index (χ0) is 12.3. The first-order chi connectivity index (χ1) is 8.16. The normalized spacial score (nSPS) is 10.5. The quantitative estimate of drug-likeness (QED) is 0.723. The molecule has 88 valence electrons. The average Bonchev–Trinajstić information content (AvgIpc) is 2.82. The Labute approximate surface area is 118 Å². The van der Waals surface area contributed by atoms with Gasteiger partial charge < -0.3 is 0 Å². The number of hydrogen-bond donors (Lipinski definition) is 0. The van der Waals surface area contributed by atoms with Gasteiger partial charge in [0.1, 0.15) is 0 Å². The highest BCUT2D eigenvalue weighted by Crippen LogP contribution is 2.24. The van der Waals surface area contributed by atoms with Crippen molar-refractivity contribution in [3.05, 3.63) is 55.6 Å². The second-order valence-electron chi connectivity index (χ2n) is 3.68. The van der Waals surface area contributed by atoms with Crippen LogP contribution in [0.25, 0.3) is 0 Å². The van der Waals surface area contributed by atoms with Gasteiger partial charge in [-0.2, -0.15) is 11.3 Å². The van der Waals surface area contributed by atoms with Gasteiger partial charge in [-0.25, -0.2) is 0 Å². The lowest BCUT2D eigenvalue weighted by Gasteiger charge is -2.02. The minimum Gasteiger partial charge on any atom is -0.294 e. The second-order valence-corrected chi connectivity index (χ2v) is 5.73. The number of hydrogen-bond acceptors (Lipinski definition) is 2. The molecule has 0 radical (unpaired) electrons. The maximum absolute atomic E-state index is 11.9. The van der Waals surface area contributed by atoms with E-state index in [0.29, 0.717) is 17.0 Å². The first-order valence-electron chi connectivity index (χ1n) is 5.16. The van der Waals surface area contributed by atoms with E-state index < -0.39 is 0 Å². The van der Waals surface area contributed by atoms with E-state index in [1.165, 1.54) is 5.56 Å². The molecule has 2 aromatic rings. The molecule has 0 unspecified atom stereocenters. The SMILES string of the molecule is O=C(CCc1ccsc1)c1ccc(Cl)c(Br)c1. The van der Waals surface area contributed by atoms with Gasteiger partial charge in [-0.1, -0.05) is 11.6 Å². The zero-order valence-corrected chi connectivity index (χ0v) is 12.1. The minimum absolute atomic E-state index is 0.147. The fourth-order valence-electron chi connectivity index (χ4n) is 1.51. The molecule has 0 aliphatic heterocycles. The van der Waals surface area contributed by atoms with E-state index in [9.17, 15) is 4.79 Å². The molecule has 0 aliphatic carbocycles. The number of ketones is 1. The molecule has 4 heteroatoms. The third-order valence-corrected chi connectivity index (χ3v) is 4.41. The highest BCUT2D eigenvalue weighted by atomic mass is 79.9. The van der Waals surface area contributed by atoms with Crippen LogP contribution in [-0.2, 0) is 6.42 Å².